The summed E-state index contributed by atoms with van der Waals surface area (Å²) in [5.41, 5.74) is 0.395. The van der Waals surface area contributed by atoms with Gasteiger partial charge in [0, 0.05) is 0 Å². The maximum absolute atomic E-state index is 12.2. The molecule has 1 atom stereocenters. The molecule has 0 bridgehead atoms. The molecule has 1 heterocycles. The SMILES string of the molecule is COc1cc(C(C#N)NC(=O)CNS(=O)(=O)c2cccs2)cc(OC)c1OC. The first-order valence-electron chi connectivity index (χ1n) is 7.88. The lowest BCUT2D eigenvalue weighted by Crippen LogP contribution is -2.38. The minimum atomic E-state index is -3.78. The van der Waals surface area contributed by atoms with Crippen molar-refractivity contribution < 1.29 is 27.4 Å². The lowest BCUT2D eigenvalue weighted by Gasteiger charge is -2.17. The van der Waals surface area contributed by atoms with Gasteiger partial charge in [-0.15, -0.1) is 11.3 Å². The molecule has 1 amide bonds. The molecule has 1 unspecified atom stereocenters. The molecule has 2 N–H and O–H groups in total. The Morgan fingerprint density at radius 1 is 1.21 bits per heavy atom. The first-order valence-corrected chi connectivity index (χ1v) is 10.2. The Bertz CT molecular complexity index is 942. The van der Waals surface area contributed by atoms with Gasteiger partial charge in [0.05, 0.1) is 33.9 Å². The Morgan fingerprint density at radius 2 is 1.86 bits per heavy atom. The number of methoxy groups -OCH3 is 3. The van der Waals surface area contributed by atoms with E-state index in [1.165, 1.54) is 39.5 Å². The van der Waals surface area contributed by atoms with Gasteiger partial charge in [-0.25, -0.2) is 13.1 Å². The number of ether oxygens (including phenoxy) is 3. The number of thiophene rings is 1. The zero-order chi connectivity index (χ0) is 20.7. The molecule has 0 radical (unpaired) electrons. The number of hydrogen-bond acceptors (Lipinski definition) is 8. The van der Waals surface area contributed by atoms with Crippen LogP contribution in [-0.2, 0) is 14.8 Å². The molecule has 0 aliphatic heterocycles. The molecular formula is C17H19N3O6S2. The number of carbonyl (C=O) groups is 1. The van der Waals surface area contributed by atoms with Crippen LogP contribution in [0.15, 0.2) is 33.9 Å². The number of nitrogens with zero attached hydrogens (tertiary/aromatic N) is 1. The Labute approximate surface area is 166 Å². The molecule has 150 valence electrons. The number of amides is 1. The minimum absolute atomic E-state index is 0.0989. The molecule has 2 aromatic rings. The van der Waals surface area contributed by atoms with Gasteiger partial charge in [-0.2, -0.15) is 5.26 Å². The third-order valence-corrected chi connectivity index (χ3v) is 6.44. The number of carbonyl (C=O) groups excluding carboxylic acids is 1. The number of benzene rings is 1. The van der Waals surface area contributed by atoms with E-state index in [0.29, 0.717) is 22.8 Å². The summed E-state index contributed by atoms with van der Waals surface area (Å²) in [7, 11) is 0.528. The predicted octanol–water partition coefficient (Wildman–Crippen LogP) is 1.43. The van der Waals surface area contributed by atoms with Crippen molar-refractivity contribution in [2.24, 2.45) is 0 Å². The van der Waals surface area contributed by atoms with Gasteiger partial charge >= 0.3 is 0 Å². The smallest absolute Gasteiger partial charge is 0.250 e. The van der Waals surface area contributed by atoms with Crippen LogP contribution >= 0.6 is 11.3 Å². The van der Waals surface area contributed by atoms with Gasteiger partial charge in [0.1, 0.15) is 10.3 Å². The molecule has 0 aliphatic rings. The summed E-state index contributed by atoms with van der Waals surface area (Å²) in [6.45, 7) is -0.511. The van der Waals surface area contributed by atoms with Crippen LogP contribution < -0.4 is 24.2 Å². The van der Waals surface area contributed by atoms with Crippen molar-refractivity contribution in [1.29, 1.82) is 5.26 Å². The fourth-order valence-corrected chi connectivity index (χ4v) is 4.34. The number of nitriles is 1. The van der Waals surface area contributed by atoms with Crippen LogP contribution in [0.2, 0.25) is 0 Å². The van der Waals surface area contributed by atoms with Crippen molar-refractivity contribution in [3.63, 3.8) is 0 Å². The summed E-state index contributed by atoms with van der Waals surface area (Å²) in [5, 5.41) is 13.5. The number of hydrogen-bond donors (Lipinski definition) is 2. The van der Waals surface area contributed by atoms with E-state index in [1.807, 2.05) is 6.07 Å². The fourth-order valence-electron chi connectivity index (χ4n) is 2.32. The summed E-state index contributed by atoms with van der Waals surface area (Å²) in [4.78, 5) is 12.2. The summed E-state index contributed by atoms with van der Waals surface area (Å²) in [5.74, 6) is 0.329. The largest absolute Gasteiger partial charge is 0.493 e. The third-order valence-electron chi connectivity index (χ3n) is 3.64. The lowest BCUT2D eigenvalue weighted by atomic mass is 10.1. The monoisotopic (exact) mass is 425 g/mol. The number of rotatable bonds is 9. The predicted molar refractivity (Wildman–Crippen MR) is 102 cm³/mol. The molecule has 9 nitrogen and oxygen atoms in total. The van der Waals surface area contributed by atoms with E-state index in [9.17, 15) is 18.5 Å². The Kier molecular flexibility index (Phi) is 7.22. The van der Waals surface area contributed by atoms with Crippen LogP contribution in [0, 0.1) is 11.3 Å². The van der Waals surface area contributed by atoms with Crippen molar-refractivity contribution >= 4 is 27.3 Å². The lowest BCUT2D eigenvalue weighted by molar-refractivity contribution is -0.120. The van der Waals surface area contributed by atoms with Crippen molar-refractivity contribution in [3.05, 3.63) is 35.2 Å². The highest BCUT2D eigenvalue weighted by atomic mass is 32.2. The zero-order valence-corrected chi connectivity index (χ0v) is 17.0. The minimum Gasteiger partial charge on any atom is -0.493 e. The topological polar surface area (TPSA) is 127 Å². The van der Waals surface area contributed by atoms with Gasteiger partial charge in [0.2, 0.25) is 11.7 Å². The van der Waals surface area contributed by atoms with Crippen molar-refractivity contribution in [1.82, 2.24) is 10.0 Å². The molecule has 2 rings (SSSR count). The van der Waals surface area contributed by atoms with E-state index in [4.69, 9.17) is 14.2 Å². The van der Waals surface area contributed by atoms with Crippen LogP contribution in [0.25, 0.3) is 0 Å². The second kappa shape index (κ2) is 9.41. The van der Waals surface area contributed by atoms with Gasteiger partial charge in [-0.1, -0.05) is 6.07 Å². The molecule has 0 spiro atoms. The summed E-state index contributed by atoms with van der Waals surface area (Å²) in [6, 6.07) is 6.99. The zero-order valence-electron chi connectivity index (χ0n) is 15.4. The van der Waals surface area contributed by atoms with Gasteiger partial charge < -0.3 is 19.5 Å². The van der Waals surface area contributed by atoms with Gasteiger partial charge in [-0.3, -0.25) is 4.79 Å². The van der Waals surface area contributed by atoms with E-state index >= 15 is 0 Å². The summed E-state index contributed by atoms with van der Waals surface area (Å²) < 4.78 is 42.1. The van der Waals surface area contributed by atoms with Crippen molar-refractivity contribution in [3.8, 4) is 23.3 Å². The second-order valence-electron chi connectivity index (χ2n) is 5.34. The Morgan fingerprint density at radius 3 is 2.32 bits per heavy atom. The molecular weight excluding hydrogens is 406 g/mol. The normalized spacial score (nSPS) is 11.9. The molecule has 0 fully saturated rings. The van der Waals surface area contributed by atoms with Crippen LogP contribution in [0.3, 0.4) is 0 Å². The molecule has 28 heavy (non-hydrogen) atoms. The second-order valence-corrected chi connectivity index (χ2v) is 8.29. The van der Waals surface area contributed by atoms with Crippen LogP contribution in [0.5, 0.6) is 17.2 Å². The van der Waals surface area contributed by atoms with Gasteiger partial charge in [0.25, 0.3) is 10.0 Å². The standard InChI is InChI=1S/C17H19N3O6S2/c1-24-13-7-11(8-14(25-2)17(13)26-3)12(9-18)20-15(21)10-19-28(22,23)16-5-4-6-27-16/h4-8,12,19H,10H2,1-3H3,(H,20,21). The first kappa shape index (κ1) is 21.5. The average Bonchev–Trinajstić information content (AvgIpc) is 3.25. The van der Waals surface area contributed by atoms with Crippen LogP contribution in [0.1, 0.15) is 11.6 Å². The van der Waals surface area contributed by atoms with E-state index in [-0.39, 0.29) is 4.21 Å². The summed E-state index contributed by atoms with van der Waals surface area (Å²) in [6.07, 6.45) is 0. The molecule has 0 saturated heterocycles. The molecule has 0 saturated carbocycles. The summed E-state index contributed by atoms with van der Waals surface area (Å²) >= 11 is 1.03. The maximum atomic E-state index is 12.2. The first-order chi connectivity index (χ1) is 13.4. The Balaban J connectivity index is 2.14. The van der Waals surface area contributed by atoms with E-state index < -0.39 is 28.5 Å². The highest BCUT2D eigenvalue weighted by Gasteiger charge is 2.22. The van der Waals surface area contributed by atoms with E-state index in [2.05, 4.69) is 10.0 Å². The van der Waals surface area contributed by atoms with E-state index in [0.717, 1.165) is 11.3 Å². The molecule has 1 aromatic carbocycles. The molecule has 11 heteroatoms. The highest BCUT2D eigenvalue weighted by molar-refractivity contribution is 7.91. The molecule has 0 aliphatic carbocycles. The number of sulfonamides is 1. The Hall–Kier alpha value is -2.81. The van der Waals surface area contributed by atoms with Gasteiger partial charge in [-0.05, 0) is 29.1 Å². The maximum Gasteiger partial charge on any atom is 0.250 e. The number of nitrogens with one attached hydrogen (secondary N) is 2. The van der Waals surface area contributed by atoms with Crippen LogP contribution in [0.4, 0.5) is 0 Å². The molecule has 1 aromatic heterocycles. The van der Waals surface area contributed by atoms with Crippen LogP contribution in [-0.4, -0.2) is 42.2 Å². The van der Waals surface area contributed by atoms with Gasteiger partial charge in [0.15, 0.2) is 11.5 Å². The quantitative estimate of drug-likeness (QED) is 0.622. The fraction of sp³-hybridized carbons (Fsp3) is 0.294. The van der Waals surface area contributed by atoms with E-state index in [1.54, 1.807) is 11.4 Å². The van der Waals surface area contributed by atoms with Crippen molar-refractivity contribution in [2.75, 3.05) is 27.9 Å². The average molecular weight is 425 g/mol. The third kappa shape index (κ3) is 4.92. The van der Waals surface area contributed by atoms with Crippen molar-refractivity contribution in [2.45, 2.75) is 10.3 Å². The highest BCUT2D eigenvalue weighted by Crippen LogP contribution is 2.39.